The van der Waals surface area contributed by atoms with Gasteiger partial charge in [0.05, 0.1) is 21.3 Å². The molecule has 0 saturated carbocycles. The van der Waals surface area contributed by atoms with Crippen molar-refractivity contribution < 1.29 is 18.6 Å². The van der Waals surface area contributed by atoms with Crippen molar-refractivity contribution in [2.45, 2.75) is 0 Å². The van der Waals surface area contributed by atoms with E-state index in [2.05, 4.69) is 4.98 Å². The van der Waals surface area contributed by atoms with E-state index in [1.807, 2.05) is 6.07 Å². The maximum Gasteiger partial charge on any atom is 0.266 e. The highest BCUT2D eigenvalue weighted by atomic mass is 19.1. The van der Waals surface area contributed by atoms with Gasteiger partial charge in [-0.05, 0) is 53.6 Å². The molecule has 6 nitrogen and oxygen atoms in total. The van der Waals surface area contributed by atoms with Gasteiger partial charge in [-0.15, -0.1) is 0 Å². The zero-order valence-corrected chi connectivity index (χ0v) is 15.5. The predicted molar refractivity (Wildman–Crippen MR) is 102 cm³/mol. The molecule has 1 aromatic heterocycles. The summed E-state index contributed by atoms with van der Waals surface area (Å²) in [5, 5.41) is 9.51. The minimum Gasteiger partial charge on any atom is -0.493 e. The van der Waals surface area contributed by atoms with Crippen LogP contribution in [0.1, 0.15) is 5.56 Å². The minimum absolute atomic E-state index is 0.0554. The molecule has 0 aliphatic carbocycles. The Morgan fingerprint density at radius 2 is 1.54 bits per heavy atom. The molecule has 0 amide bonds. The summed E-state index contributed by atoms with van der Waals surface area (Å²) in [5.74, 6) is 0.800. The lowest BCUT2D eigenvalue weighted by atomic mass is 9.98. The Labute approximate surface area is 160 Å². The zero-order valence-electron chi connectivity index (χ0n) is 15.5. The molecule has 0 spiro atoms. The van der Waals surface area contributed by atoms with Crippen molar-refractivity contribution in [3.05, 3.63) is 64.2 Å². The van der Waals surface area contributed by atoms with Crippen LogP contribution < -0.4 is 19.8 Å². The van der Waals surface area contributed by atoms with E-state index in [9.17, 15) is 14.4 Å². The van der Waals surface area contributed by atoms with Crippen molar-refractivity contribution in [3.8, 4) is 45.7 Å². The molecule has 0 unspecified atom stereocenters. The Morgan fingerprint density at radius 1 is 0.929 bits per heavy atom. The van der Waals surface area contributed by atoms with Crippen LogP contribution in [0.4, 0.5) is 4.39 Å². The van der Waals surface area contributed by atoms with Gasteiger partial charge in [-0.25, -0.2) is 4.39 Å². The van der Waals surface area contributed by atoms with Crippen LogP contribution in [0.3, 0.4) is 0 Å². The van der Waals surface area contributed by atoms with Gasteiger partial charge in [0.2, 0.25) is 5.75 Å². The van der Waals surface area contributed by atoms with Crippen molar-refractivity contribution in [1.29, 1.82) is 5.26 Å². The van der Waals surface area contributed by atoms with Crippen molar-refractivity contribution in [2.75, 3.05) is 21.3 Å². The van der Waals surface area contributed by atoms with E-state index < -0.39 is 5.56 Å². The Morgan fingerprint density at radius 3 is 2.04 bits per heavy atom. The molecule has 142 valence electrons. The van der Waals surface area contributed by atoms with Crippen LogP contribution in [0.2, 0.25) is 0 Å². The van der Waals surface area contributed by atoms with Gasteiger partial charge < -0.3 is 19.2 Å². The maximum atomic E-state index is 13.2. The second-order valence-electron chi connectivity index (χ2n) is 5.83. The molecule has 1 heterocycles. The summed E-state index contributed by atoms with van der Waals surface area (Å²) in [4.78, 5) is 15.2. The van der Waals surface area contributed by atoms with Crippen molar-refractivity contribution in [2.24, 2.45) is 0 Å². The second kappa shape index (κ2) is 7.84. The largest absolute Gasteiger partial charge is 0.493 e. The number of nitriles is 1. The number of halogens is 1. The summed E-state index contributed by atoms with van der Waals surface area (Å²) < 4.78 is 29.3. The van der Waals surface area contributed by atoms with Crippen LogP contribution in [0, 0.1) is 17.1 Å². The molecule has 0 bridgehead atoms. The Kier molecular flexibility index (Phi) is 5.32. The van der Waals surface area contributed by atoms with E-state index in [1.54, 1.807) is 30.3 Å². The summed E-state index contributed by atoms with van der Waals surface area (Å²) in [7, 11) is 4.45. The van der Waals surface area contributed by atoms with Gasteiger partial charge in [-0.2, -0.15) is 5.26 Å². The van der Waals surface area contributed by atoms with Crippen LogP contribution in [0.25, 0.3) is 22.4 Å². The molecule has 28 heavy (non-hydrogen) atoms. The number of hydrogen-bond donors (Lipinski definition) is 1. The fourth-order valence-corrected chi connectivity index (χ4v) is 2.92. The SMILES string of the molecule is COc1cc(-c2cc(-c3ccc(F)cc3)[nH]c(=O)c2C#N)cc(OC)c1OC. The molecule has 0 radical (unpaired) electrons. The number of H-pyrrole nitrogens is 1. The molecular formula is C21H17FN2O4. The van der Waals surface area contributed by atoms with Crippen LogP contribution in [-0.2, 0) is 0 Å². The molecule has 3 rings (SSSR count). The number of nitrogens with one attached hydrogen (secondary N) is 1. The first-order valence-corrected chi connectivity index (χ1v) is 8.26. The van der Waals surface area contributed by atoms with E-state index in [4.69, 9.17) is 14.2 Å². The quantitative estimate of drug-likeness (QED) is 0.729. The first kappa shape index (κ1) is 19.0. The highest BCUT2D eigenvalue weighted by Crippen LogP contribution is 2.41. The van der Waals surface area contributed by atoms with Gasteiger partial charge in [0.15, 0.2) is 11.5 Å². The molecule has 7 heteroatoms. The van der Waals surface area contributed by atoms with Crippen molar-refractivity contribution >= 4 is 0 Å². The summed E-state index contributed by atoms with van der Waals surface area (Å²) in [6.07, 6.45) is 0. The smallest absolute Gasteiger partial charge is 0.266 e. The van der Waals surface area contributed by atoms with Gasteiger partial charge in [-0.1, -0.05) is 0 Å². The van der Waals surface area contributed by atoms with Gasteiger partial charge in [0.25, 0.3) is 5.56 Å². The van der Waals surface area contributed by atoms with Crippen LogP contribution >= 0.6 is 0 Å². The molecule has 0 saturated heterocycles. The van der Waals surface area contributed by atoms with E-state index in [-0.39, 0.29) is 11.4 Å². The zero-order chi connectivity index (χ0) is 20.3. The standard InChI is InChI=1S/C21H17FN2O4/c1-26-18-8-13(9-19(27-2)20(18)28-3)15-10-17(24-21(25)16(15)11-23)12-4-6-14(22)7-5-12/h4-10H,1-3H3,(H,24,25). The number of aromatic amines is 1. The minimum atomic E-state index is -0.548. The van der Waals surface area contributed by atoms with Gasteiger partial charge >= 0.3 is 0 Å². The molecule has 0 aliphatic rings. The van der Waals surface area contributed by atoms with E-state index >= 15 is 0 Å². The van der Waals surface area contributed by atoms with Crippen LogP contribution in [0.15, 0.2) is 47.3 Å². The normalized spacial score (nSPS) is 10.2. The van der Waals surface area contributed by atoms with Gasteiger partial charge in [-0.3, -0.25) is 4.79 Å². The van der Waals surface area contributed by atoms with Crippen molar-refractivity contribution in [1.82, 2.24) is 4.98 Å². The lowest BCUT2D eigenvalue weighted by Crippen LogP contribution is -2.12. The highest BCUT2D eigenvalue weighted by Gasteiger charge is 2.18. The van der Waals surface area contributed by atoms with Crippen LogP contribution in [-0.4, -0.2) is 26.3 Å². The monoisotopic (exact) mass is 380 g/mol. The number of nitrogens with zero attached hydrogens (tertiary/aromatic N) is 1. The third-order valence-electron chi connectivity index (χ3n) is 4.28. The third kappa shape index (κ3) is 3.40. The second-order valence-corrected chi connectivity index (χ2v) is 5.83. The topological polar surface area (TPSA) is 84.3 Å². The average molecular weight is 380 g/mol. The lowest BCUT2D eigenvalue weighted by Gasteiger charge is -2.15. The number of rotatable bonds is 5. The van der Waals surface area contributed by atoms with E-state index in [0.717, 1.165) is 0 Å². The number of ether oxygens (including phenoxy) is 3. The summed E-state index contributed by atoms with van der Waals surface area (Å²) >= 11 is 0. The van der Waals surface area contributed by atoms with Gasteiger partial charge in [0.1, 0.15) is 17.4 Å². The Bertz CT molecular complexity index is 1090. The molecule has 2 aromatic carbocycles. The summed E-state index contributed by atoms with van der Waals surface area (Å²) in [6, 6.07) is 12.6. The fourth-order valence-electron chi connectivity index (χ4n) is 2.92. The van der Waals surface area contributed by atoms with Crippen LogP contribution in [0.5, 0.6) is 17.2 Å². The molecule has 0 fully saturated rings. The number of benzene rings is 2. The fraction of sp³-hybridized carbons (Fsp3) is 0.143. The summed E-state index contributed by atoms with van der Waals surface area (Å²) in [6.45, 7) is 0. The highest BCUT2D eigenvalue weighted by molar-refractivity contribution is 5.78. The Balaban J connectivity index is 2.28. The van der Waals surface area contributed by atoms with E-state index in [0.29, 0.717) is 39.6 Å². The number of pyridine rings is 1. The summed E-state index contributed by atoms with van der Waals surface area (Å²) in [5.41, 5.74) is 1.39. The average Bonchev–Trinajstić information content (AvgIpc) is 2.72. The number of methoxy groups -OCH3 is 3. The predicted octanol–water partition coefficient (Wildman–Crippen LogP) is 3.75. The number of aromatic nitrogens is 1. The molecular weight excluding hydrogens is 363 g/mol. The lowest BCUT2D eigenvalue weighted by molar-refractivity contribution is 0.324. The number of hydrogen-bond acceptors (Lipinski definition) is 5. The first-order valence-electron chi connectivity index (χ1n) is 8.26. The molecule has 3 aromatic rings. The Hall–Kier alpha value is -3.79. The molecule has 0 aliphatic heterocycles. The molecule has 0 atom stereocenters. The molecule has 1 N–H and O–H groups in total. The van der Waals surface area contributed by atoms with E-state index in [1.165, 1.54) is 33.5 Å². The first-order chi connectivity index (χ1) is 13.5. The van der Waals surface area contributed by atoms with Gasteiger partial charge in [0, 0.05) is 11.3 Å². The third-order valence-corrected chi connectivity index (χ3v) is 4.28. The van der Waals surface area contributed by atoms with Crippen molar-refractivity contribution in [3.63, 3.8) is 0 Å². The maximum absolute atomic E-state index is 13.2.